The van der Waals surface area contributed by atoms with Crippen LogP contribution < -0.4 is 15.4 Å². The molecule has 0 saturated carbocycles. The molecule has 1 aliphatic heterocycles. The number of rotatable bonds is 3. The summed E-state index contributed by atoms with van der Waals surface area (Å²) in [5.41, 5.74) is 10.4. The second kappa shape index (κ2) is 5.46. The molecule has 2 atom stereocenters. The molecule has 0 spiro atoms. The van der Waals surface area contributed by atoms with E-state index in [9.17, 15) is 4.79 Å². The maximum atomic E-state index is 12.1. The van der Waals surface area contributed by atoms with Gasteiger partial charge in [0, 0.05) is 12.7 Å². The van der Waals surface area contributed by atoms with Gasteiger partial charge in [0.25, 0.3) is 0 Å². The second-order valence-electron chi connectivity index (χ2n) is 5.69. The number of hydrogen-bond acceptors (Lipinski definition) is 3. The average Bonchev–Trinajstić information content (AvgIpc) is 2.78. The zero-order valence-corrected chi connectivity index (χ0v) is 13.0. The van der Waals surface area contributed by atoms with Gasteiger partial charge in [0.15, 0.2) is 0 Å². The maximum absolute atomic E-state index is 12.1. The molecular formula is C18H20N2O2. The van der Waals surface area contributed by atoms with Gasteiger partial charge in [-0.25, -0.2) is 0 Å². The molecule has 3 rings (SSSR count). The van der Waals surface area contributed by atoms with Crippen molar-refractivity contribution in [3.8, 4) is 5.75 Å². The summed E-state index contributed by atoms with van der Waals surface area (Å²) in [4.78, 5) is 13.8. The van der Waals surface area contributed by atoms with Gasteiger partial charge >= 0.3 is 0 Å². The van der Waals surface area contributed by atoms with Crippen molar-refractivity contribution in [1.29, 1.82) is 0 Å². The minimum absolute atomic E-state index is 0.108. The van der Waals surface area contributed by atoms with E-state index in [1.54, 1.807) is 12.0 Å². The smallest absolute Gasteiger partial charge is 0.234 e. The Labute approximate surface area is 130 Å². The topological polar surface area (TPSA) is 55.6 Å². The Balaban J connectivity index is 1.94. The van der Waals surface area contributed by atoms with E-state index in [-0.39, 0.29) is 17.9 Å². The molecule has 0 aromatic heterocycles. The fourth-order valence-electron chi connectivity index (χ4n) is 2.96. The molecule has 4 heteroatoms. The first-order valence-corrected chi connectivity index (χ1v) is 7.34. The highest BCUT2D eigenvalue weighted by Gasteiger charge is 2.32. The molecule has 2 unspecified atom stereocenters. The molecule has 1 aliphatic rings. The zero-order chi connectivity index (χ0) is 15.9. The third-order valence-electron chi connectivity index (χ3n) is 4.41. The summed E-state index contributed by atoms with van der Waals surface area (Å²) in [6, 6.07) is 13.6. The molecule has 0 radical (unpaired) electrons. The first-order chi connectivity index (χ1) is 10.5. The van der Waals surface area contributed by atoms with Gasteiger partial charge in [-0.3, -0.25) is 4.79 Å². The number of hydrogen-bond donors (Lipinski definition) is 1. The average molecular weight is 296 g/mol. The Kier molecular flexibility index (Phi) is 3.62. The number of fused-ring (bicyclic) bond motifs is 1. The van der Waals surface area contributed by atoms with Gasteiger partial charge in [0.2, 0.25) is 5.91 Å². The van der Waals surface area contributed by atoms with Gasteiger partial charge in [-0.1, -0.05) is 24.3 Å². The molecule has 114 valence electrons. The van der Waals surface area contributed by atoms with Gasteiger partial charge < -0.3 is 15.4 Å². The molecule has 2 aromatic carbocycles. The standard InChI is InChI=1S/C18H20N2O2/c1-11-15-10-13(6-9-16(15)20(2)18(11)21)17(19)12-4-7-14(22-3)8-5-12/h4-11,17H,19H2,1-3H3. The maximum Gasteiger partial charge on any atom is 0.234 e. The van der Waals surface area contributed by atoms with Crippen molar-refractivity contribution in [2.24, 2.45) is 5.73 Å². The highest BCUT2D eigenvalue weighted by atomic mass is 16.5. The van der Waals surface area contributed by atoms with Crippen LogP contribution in [0.4, 0.5) is 5.69 Å². The number of anilines is 1. The molecule has 2 N–H and O–H groups in total. The Hall–Kier alpha value is -2.33. The number of carbonyl (C=O) groups excluding carboxylic acids is 1. The first-order valence-electron chi connectivity index (χ1n) is 7.34. The normalized spacial score (nSPS) is 18.3. The minimum Gasteiger partial charge on any atom is -0.497 e. The number of ether oxygens (including phenoxy) is 1. The van der Waals surface area contributed by atoms with Crippen molar-refractivity contribution in [3.63, 3.8) is 0 Å². The van der Waals surface area contributed by atoms with Crippen LogP contribution in [0.15, 0.2) is 42.5 Å². The van der Waals surface area contributed by atoms with Gasteiger partial charge in [-0.2, -0.15) is 0 Å². The summed E-state index contributed by atoms with van der Waals surface area (Å²) in [6.07, 6.45) is 0. The molecule has 2 aromatic rings. The van der Waals surface area contributed by atoms with E-state index in [2.05, 4.69) is 6.07 Å². The lowest BCUT2D eigenvalue weighted by atomic mass is 9.94. The van der Waals surface area contributed by atoms with Gasteiger partial charge in [-0.15, -0.1) is 0 Å². The van der Waals surface area contributed by atoms with Crippen molar-refractivity contribution in [1.82, 2.24) is 0 Å². The van der Waals surface area contributed by atoms with Crippen LogP contribution in [0, 0.1) is 0 Å². The predicted octanol–water partition coefficient (Wildman–Crippen LogP) is 2.82. The molecule has 0 aliphatic carbocycles. The van der Waals surface area contributed by atoms with Crippen LogP contribution in [0.2, 0.25) is 0 Å². The fraction of sp³-hybridized carbons (Fsp3) is 0.278. The number of benzene rings is 2. The monoisotopic (exact) mass is 296 g/mol. The summed E-state index contributed by atoms with van der Waals surface area (Å²) >= 11 is 0. The Bertz CT molecular complexity index is 710. The van der Waals surface area contributed by atoms with E-state index in [4.69, 9.17) is 10.5 Å². The Morgan fingerprint density at radius 2 is 1.77 bits per heavy atom. The van der Waals surface area contributed by atoms with Crippen molar-refractivity contribution in [3.05, 3.63) is 59.2 Å². The van der Waals surface area contributed by atoms with E-state index in [1.807, 2.05) is 50.4 Å². The third-order valence-corrected chi connectivity index (χ3v) is 4.41. The third kappa shape index (κ3) is 2.25. The molecule has 0 saturated heterocycles. The predicted molar refractivity (Wildman–Crippen MR) is 87.3 cm³/mol. The van der Waals surface area contributed by atoms with Gasteiger partial charge in [-0.05, 0) is 41.8 Å². The SMILES string of the molecule is COc1ccc(C(N)c2ccc3c(c2)C(C)C(=O)N3C)cc1. The summed E-state index contributed by atoms with van der Waals surface area (Å²) < 4.78 is 5.17. The first kappa shape index (κ1) is 14.6. The highest BCUT2D eigenvalue weighted by Crippen LogP contribution is 2.38. The zero-order valence-electron chi connectivity index (χ0n) is 13.0. The van der Waals surface area contributed by atoms with Crippen LogP contribution in [0.5, 0.6) is 5.75 Å². The molecule has 0 fully saturated rings. The Morgan fingerprint density at radius 3 is 2.41 bits per heavy atom. The fourth-order valence-corrected chi connectivity index (χ4v) is 2.96. The summed E-state index contributed by atoms with van der Waals surface area (Å²) in [6.45, 7) is 1.94. The number of amides is 1. The van der Waals surface area contributed by atoms with Crippen molar-refractivity contribution >= 4 is 11.6 Å². The lowest BCUT2D eigenvalue weighted by Gasteiger charge is -2.15. The number of carbonyl (C=O) groups is 1. The van der Waals surface area contributed by atoms with Crippen LogP contribution in [0.25, 0.3) is 0 Å². The van der Waals surface area contributed by atoms with Crippen molar-refractivity contribution in [2.75, 3.05) is 19.1 Å². The molecule has 1 heterocycles. The minimum atomic E-state index is -0.218. The molecule has 4 nitrogen and oxygen atoms in total. The largest absolute Gasteiger partial charge is 0.497 e. The highest BCUT2D eigenvalue weighted by molar-refractivity contribution is 6.04. The molecule has 22 heavy (non-hydrogen) atoms. The van der Waals surface area contributed by atoms with Crippen LogP contribution in [-0.4, -0.2) is 20.1 Å². The molecule has 0 bridgehead atoms. The number of likely N-dealkylation sites (N-methyl/N-ethyl adjacent to an activating group) is 1. The second-order valence-corrected chi connectivity index (χ2v) is 5.69. The summed E-state index contributed by atoms with van der Waals surface area (Å²) in [5, 5.41) is 0. The molecular weight excluding hydrogens is 276 g/mol. The molecule has 1 amide bonds. The van der Waals surface area contributed by atoms with E-state index in [0.29, 0.717) is 0 Å². The van der Waals surface area contributed by atoms with Crippen LogP contribution in [0.1, 0.15) is 35.6 Å². The summed E-state index contributed by atoms with van der Waals surface area (Å²) in [7, 11) is 3.46. The van der Waals surface area contributed by atoms with Crippen molar-refractivity contribution in [2.45, 2.75) is 18.9 Å². The van der Waals surface area contributed by atoms with Crippen LogP contribution in [0.3, 0.4) is 0 Å². The lowest BCUT2D eigenvalue weighted by molar-refractivity contribution is -0.118. The number of nitrogens with zero attached hydrogens (tertiary/aromatic N) is 1. The number of methoxy groups -OCH3 is 1. The van der Waals surface area contributed by atoms with Gasteiger partial charge in [0.05, 0.1) is 19.1 Å². The van der Waals surface area contributed by atoms with Crippen molar-refractivity contribution < 1.29 is 9.53 Å². The van der Waals surface area contributed by atoms with Crippen LogP contribution >= 0.6 is 0 Å². The summed E-state index contributed by atoms with van der Waals surface area (Å²) in [5.74, 6) is 0.832. The van der Waals surface area contributed by atoms with Crippen LogP contribution in [-0.2, 0) is 4.79 Å². The van der Waals surface area contributed by atoms with E-state index in [0.717, 1.165) is 28.1 Å². The number of nitrogens with two attached hydrogens (primary N) is 1. The van der Waals surface area contributed by atoms with Gasteiger partial charge in [0.1, 0.15) is 5.75 Å². The lowest BCUT2D eigenvalue weighted by Crippen LogP contribution is -2.22. The quantitative estimate of drug-likeness (QED) is 0.947. The Morgan fingerprint density at radius 1 is 1.14 bits per heavy atom. The van der Waals surface area contributed by atoms with E-state index in [1.165, 1.54) is 0 Å². The van der Waals surface area contributed by atoms with E-state index >= 15 is 0 Å². The van der Waals surface area contributed by atoms with E-state index < -0.39 is 0 Å².